The van der Waals surface area contributed by atoms with E-state index in [1.165, 1.54) is 33.4 Å². The van der Waals surface area contributed by atoms with Crippen LogP contribution in [0.15, 0.2) is 145 Å². The molecule has 0 unspecified atom stereocenters. The molecule has 1 heterocycles. The third-order valence-corrected chi connectivity index (χ3v) is 10.8. The highest BCUT2D eigenvalue weighted by Crippen LogP contribution is 2.47. The van der Waals surface area contributed by atoms with Crippen molar-refractivity contribution in [3.05, 3.63) is 200 Å². The Morgan fingerprint density at radius 3 is 1.22 bits per heavy atom. The molecule has 6 rings (SSSR count). The Labute approximate surface area is 351 Å². The monoisotopic (exact) mass is 786 g/mol. The third kappa shape index (κ3) is 10.3. The highest BCUT2D eigenvalue weighted by Gasteiger charge is 2.39. The fraction of sp³-hybridized carbons (Fsp3) is 0.327. The topological polar surface area (TPSA) is 89.3 Å². The van der Waals surface area contributed by atoms with Gasteiger partial charge in [-0.2, -0.15) is 0 Å². The van der Waals surface area contributed by atoms with Crippen LogP contribution in [0.5, 0.6) is 17.2 Å². The second-order valence-electron chi connectivity index (χ2n) is 18.2. The van der Waals surface area contributed by atoms with E-state index in [9.17, 15) is 0 Å². The van der Waals surface area contributed by atoms with Crippen molar-refractivity contribution in [2.75, 3.05) is 13.2 Å². The number of benzene rings is 5. The number of pyridine rings is 1. The smallest absolute Gasteiger partial charge is 0.130 e. The van der Waals surface area contributed by atoms with E-state index in [4.69, 9.17) is 24.7 Å². The number of hydrogen-bond acceptors (Lipinski definition) is 5. The van der Waals surface area contributed by atoms with E-state index in [-0.39, 0.29) is 29.4 Å². The molecule has 0 fully saturated rings. The summed E-state index contributed by atoms with van der Waals surface area (Å²) >= 11 is 0. The average molecular weight is 787 g/mol. The molecule has 0 aliphatic carbocycles. The van der Waals surface area contributed by atoms with Crippen molar-refractivity contribution in [1.29, 1.82) is 0 Å². The summed E-state index contributed by atoms with van der Waals surface area (Å²) in [6.07, 6.45) is 0. The molecule has 0 amide bonds. The molecule has 0 aliphatic heterocycles. The summed E-state index contributed by atoms with van der Waals surface area (Å²) in [5.41, 5.74) is 18.2. The minimum Gasteiger partial charge on any atom is -0.493 e. The molecule has 0 saturated heterocycles. The minimum atomic E-state index is -0.602. The predicted octanol–water partition coefficient (Wildman–Crippen LogP) is 13.2. The Morgan fingerprint density at radius 1 is 0.458 bits per heavy atom. The van der Waals surface area contributed by atoms with E-state index in [0.29, 0.717) is 24.7 Å². The zero-order valence-corrected chi connectivity index (χ0v) is 36.1. The van der Waals surface area contributed by atoms with Gasteiger partial charge in [-0.05, 0) is 97.1 Å². The van der Waals surface area contributed by atoms with Gasteiger partial charge in [0.25, 0.3) is 0 Å². The highest BCUT2D eigenvalue weighted by atomic mass is 16.5. The van der Waals surface area contributed by atoms with Gasteiger partial charge in [-0.25, -0.2) is 0 Å². The van der Waals surface area contributed by atoms with Crippen molar-refractivity contribution >= 4 is 0 Å². The highest BCUT2D eigenvalue weighted by molar-refractivity contribution is 5.61. The lowest BCUT2D eigenvalue weighted by Gasteiger charge is -2.38. The maximum absolute atomic E-state index is 8.48. The molecule has 1 aromatic heterocycles. The number of nitrogens with zero attached hydrogens (tertiary/aromatic N) is 4. The predicted molar refractivity (Wildman–Crippen MR) is 240 cm³/mol. The summed E-state index contributed by atoms with van der Waals surface area (Å²) in [7, 11) is 0. The molecule has 7 nitrogen and oxygen atoms in total. The molecular formula is C52H58N4O3. The van der Waals surface area contributed by atoms with Crippen molar-refractivity contribution in [3.8, 4) is 17.2 Å². The van der Waals surface area contributed by atoms with Crippen LogP contribution < -0.4 is 14.2 Å². The number of hydrogen-bond donors (Lipinski definition) is 0. The molecule has 59 heavy (non-hydrogen) atoms. The lowest BCUT2D eigenvalue weighted by atomic mass is 9.64. The van der Waals surface area contributed by atoms with Gasteiger partial charge < -0.3 is 14.2 Å². The lowest BCUT2D eigenvalue weighted by molar-refractivity contribution is 0.287. The van der Waals surface area contributed by atoms with Crippen molar-refractivity contribution in [3.63, 3.8) is 0 Å². The van der Waals surface area contributed by atoms with E-state index < -0.39 is 5.41 Å². The van der Waals surface area contributed by atoms with Gasteiger partial charge in [0, 0.05) is 11.0 Å². The third-order valence-electron chi connectivity index (χ3n) is 10.8. The van der Waals surface area contributed by atoms with Gasteiger partial charge in [0.15, 0.2) is 0 Å². The van der Waals surface area contributed by atoms with Gasteiger partial charge in [0.2, 0.25) is 0 Å². The molecular weight excluding hydrogens is 729 g/mol. The van der Waals surface area contributed by atoms with Crippen molar-refractivity contribution in [1.82, 2.24) is 4.98 Å². The van der Waals surface area contributed by atoms with E-state index in [1.807, 2.05) is 42.5 Å². The van der Waals surface area contributed by atoms with E-state index in [0.717, 1.165) is 22.7 Å². The largest absolute Gasteiger partial charge is 0.493 e. The second kappa shape index (κ2) is 17.8. The van der Waals surface area contributed by atoms with Crippen molar-refractivity contribution in [2.45, 2.75) is 97.2 Å². The number of azide groups is 1. The number of ether oxygens (including phenoxy) is 3. The summed E-state index contributed by atoms with van der Waals surface area (Å²) in [4.78, 5) is 7.57. The molecule has 0 spiro atoms. The fourth-order valence-electron chi connectivity index (χ4n) is 7.37. The Hall–Kier alpha value is -6.04. The van der Waals surface area contributed by atoms with E-state index in [2.05, 4.69) is 169 Å². The zero-order valence-electron chi connectivity index (χ0n) is 36.1. The van der Waals surface area contributed by atoms with Gasteiger partial charge in [-0.1, -0.05) is 164 Å². The first-order chi connectivity index (χ1) is 28.1. The van der Waals surface area contributed by atoms with Crippen LogP contribution in [0.4, 0.5) is 0 Å². The molecule has 7 heteroatoms. The van der Waals surface area contributed by atoms with Gasteiger partial charge in [-0.3, -0.25) is 4.98 Å². The Morgan fingerprint density at radius 2 is 0.814 bits per heavy atom. The van der Waals surface area contributed by atoms with Crippen LogP contribution in [-0.2, 0) is 34.9 Å². The number of rotatable bonds is 14. The first-order valence-electron chi connectivity index (χ1n) is 20.4. The van der Waals surface area contributed by atoms with Crippen LogP contribution in [0.3, 0.4) is 0 Å². The van der Waals surface area contributed by atoms with Gasteiger partial charge in [0.1, 0.15) is 30.5 Å². The molecule has 304 valence electrons. The molecule has 6 aromatic rings. The molecule has 5 aromatic carbocycles. The van der Waals surface area contributed by atoms with Crippen LogP contribution in [0.25, 0.3) is 10.4 Å². The first kappa shape index (κ1) is 42.6. The lowest BCUT2D eigenvalue weighted by Crippen LogP contribution is -2.31. The second-order valence-corrected chi connectivity index (χ2v) is 18.2. The van der Waals surface area contributed by atoms with Crippen LogP contribution in [0, 0.1) is 0 Å². The van der Waals surface area contributed by atoms with Crippen LogP contribution >= 0.6 is 0 Å². The summed E-state index contributed by atoms with van der Waals surface area (Å²) in [5.74, 6) is 2.06. The summed E-state index contributed by atoms with van der Waals surface area (Å²) < 4.78 is 18.1. The number of aromatic nitrogens is 1. The maximum Gasteiger partial charge on any atom is 0.130 e. The Bertz CT molecular complexity index is 2200. The zero-order chi connectivity index (χ0) is 42.3. The molecule has 0 aliphatic rings. The Balaban J connectivity index is 1.30. The summed E-state index contributed by atoms with van der Waals surface area (Å²) in [6, 6.07) is 49.5. The van der Waals surface area contributed by atoms with Crippen LogP contribution in [0.2, 0.25) is 0 Å². The van der Waals surface area contributed by atoms with Crippen LogP contribution in [0.1, 0.15) is 113 Å². The summed E-state index contributed by atoms with van der Waals surface area (Å²) in [5, 5.41) is 3.51. The van der Waals surface area contributed by atoms with Crippen LogP contribution in [-0.4, -0.2) is 18.1 Å². The minimum absolute atomic E-state index is 0.0297. The first-order valence-corrected chi connectivity index (χ1v) is 20.4. The fourth-order valence-corrected chi connectivity index (χ4v) is 7.37. The van der Waals surface area contributed by atoms with Crippen molar-refractivity contribution in [2.24, 2.45) is 5.11 Å². The van der Waals surface area contributed by atoms with E-state index >= 15 is 0 Å². The van der Waals surface area contributed by atoms with Gasteiger partial charge in [-0.15, -0.1) is 0 Å². The molecule has 0 bridgehead atoms. The molecule has 0 atom stereocenters. The van der Waals surface area contributed by atoms with Gasteiger partial charge in [0.05, 0.1) is 30.0 Å². The summed E-state index contributed by atoms with van der Waals surface area (Å²) in [6.45, 7) is 21.5. The van der Waals surface area contributed by atoms with Crippen molar-refractivity contribution < 1.29 is 14.2 Å². The standard InChI is InChI=1S/C52H58N4O3/c1-49(2,3)37-16-22-40(23-17-37)52(41-24-18-38(19-25-41)50(4,5)6,42-26-20-39(21-27-42)51(7,8)9)43-28-30-46(31-29-43)58-35-44-12-10-13-45(55-44)36-59-48-15-11-14-47(34-48)57-33-32-54-56-53/h10-31,34H,32-33,35-36H2,1-9H3. The SMILES string of the molecule is CC(C)(C)c1ccc(C(c2ccc(OCc3cccc(COc4cccc(OCCN=[N+]=[N-])c4)n3)cc2)(c2ccc(C(C)(C)C)cc2)c2ccc(C(C)(C)C)cc2)cc1. The molecule has 0 radical (unpaired) electrons. The molecule has 0 saturated carbocycles. The normalized spacial score (nSPS) is 12.1. The molecule has 0 N–H and O–H groups in total. The quantitative estimate of drug-likeness (QED) is 0.0361. The van der Waals surface area contributed by atoms with Gasteiger partial charge >= 0.3 is 0 Å². The van der Waals surface area contributed by atoms with E-state index in [1.54, 1.807) is 0 Å². The average Bonchev–Trinajstić information content (AvgIpc) is 3.21. The maximum atomic E-state index is 8.48. The Kier molecular flexibility index (Phi) is 12.9.